The molecular formula is C11H21NO3. The fourth-order valence-corrected chi connectivity index (χ4v) is 1.85. The fourth-order valence-electron chi connectivity index (χ4n) is 1.85. The van der Waals surface area contributed by atoms with Crippen molar-refractivity contribution in [3.05, 3.63) is 0 Å². The maximum Gasteiger partial charge on any atom is 0.246 e. The minimum Gasteiger partial charge on any atom is -0.393 e. The Balaban J connectivity index is 2.01. The predicted molar refractivity (Wildman–Crippen MR) is 57.5 cm³/mol. The Hall–Kier alpha value is -0.610. The van der Waals surface area contributed by atoms with Crippen molar-refractivity contribution in [1.29, 1.82) is 0 Å². The van der Waals surface area contributed by atoms with Crippen molar-refractivity contribution in [1.82, 2.24) is 5.32 Å². The molecule has 0 bridgehead atoms. The lowest BCUT2D eigenvalue weighted by atomic mass is 10.1. The summed E-state index contributed by atoms with van der Waals surface area (Å²) in [6.45, 7) is 3.47. The normalized spacial score (nSPS) is 25.5. The average Bonchev–Trinajstić information content (AvgIpc) is 2.62. The zero-order valence-corrected chi connectivity index (χ0v) is 9.37. The Morgan fingerprint density at radius 1 is 1.53 bits per heavy atom. The number of hydrogen-bond acceptors (Lipinski definition) is 3. The number of aliphatic hydroxyl groups is 1. The van der Waals surface area contributed by atoms with Gasteiger partial charge >= 0.3 is 0 Å². The van der Waals surface area contributed by atoms with E-state index < -0.39 is 0 Å². The molecule has 0 heterocycles. The van der Waals surface area contributed by atoms with Crippen LogP contribution in [0.2, 0.25) is 0 Å². The van der Waals surface area contributed by atoms with Gasteiger partial charge in [0.15, 0.2) is 0 Å². The van der Waals surface area contributed by atoms with Crippen molar-refractivity contribution in [3.8, 4) is 0 Å². The lowest BCUT2D eigenvalue weighted by molar-refractivity contribution is -0.125. The summed E-state index contributed by atoms with van der Waals surface area (Å²) in [6, 6.07) is 0. The van der Waals surface area contributed by atoms with E-state index in [9.17, 15) is 9.90 Å². The van der Waals surface area contributed by atoms with Gasteiger partial charge in [-0.05, 0) is 31.6 Å². The molecule has 4 nitrogen and oxygen atoms in total. The van der Waals surface area contributed by atoms with Gasteiger partial charge in [0, 0.05) is 13.2 Å². The molecule has 2 atom stereocenters. The maximum atomic E-state index is 11.3. The molecule has 4 heteroatoms. The second-order valence-corrected chi connectivity index (χ2v) is 4.19. The predicted octanol–water partition coefficient (Wildman–Crippen LogP) is 0.690. The zero-order valence-electron chi connectivity index (χ0n) is 9.37. The first-order valence-electron chi connectivity index (χ1n) is 5.75. The van der Waals surface area contributed by atoms with Crippen molar-refractivity contribution < 1.29 is 14.6 Å². The number of rotatable bonds is 6. The fraction of sp³-hybridized carbons (Fsp3) is 0.909. The molecule has 0 aromatic rings. The lowest BCUT2D eigenvalue weighted by Crippen LogP contribution is -2.31. The van der Waals surface area contributed by atoms with Crippen molar-refractivity contribution in [2.75, 3.05) is 19.8 Å². The number of ether oxygens (including phenoxy) is 1. The van der Waals surface area contributed by atoms with E-state index in [1.165, 1.54) is 0 Å². The second-order valence-electron chi connectivity index (χ2n) is 4.19. The van der Waals surface area contributed by atoms with E-state index in [4.69, 9.17) is 4.74 Å². The Kier molecular flexibility index (Phi) is 5.65. The van der Waals surface area contributed by atoms with Crippen LogP contribution in [0.25, 0.3) is 0 Å². The molecule has 1 aliphatic carbocycles. The van der Waals surface area contributed by atoms with E-state index in [2.05, 4.69) is 5.32 Å². The number of hydrogen-bond donors (Lipinski definition) is 2. The van der Waals surface area contributed by atoms with Gasteiger partial charge in [-0.1, -0.05) is 6.92 Å². The van der Waals surface area contributed by atoms with E-state index in [-0.39, 0.29) is 18.6 Å². The van der Waals surface area contributed by atoms with Crippen molar-refractivity contribution in [2.45, 2.75) is 38.7 Å². The number of carbonyl (C=O) groups is 1. The van der Waals surface area contributed by atoms with Crippen LogP contribution in [0.1, 0.15) is 32.6 Å². The average molecular weight is 215 g/mol. The summed E-state index contributed by atoms with van der Waals surface area (Å²) in [5, 5.41) is 12.1. The Morgan fingerprint density at radius 2 is 2.33 bits per heavy atom. The van der Waals surface area contributed by atoms with Crippen molar-refractivity contribution >= 4 is 5.91 Å². The Morgan fingerprint density at radius 3 is 2.93 bits per heavy atom. The summed E-state index contributed by atoms with van der Waals surface area (Å²) in [5.41, 5.74) is 0. The van der Waals surface area contributed by atoms with Crippen molar-refractivity contribution in [2.24, 2.45) is 5.92 Å². The van der Waals surface area contributed by atoms with Crippen LogP contribution in [0.4, 0.5) is 0 Å². The molecule has 0 aromatic heterocycles. The SMILES string of the molecule is CCCOCC(=O)NCC1CCC(O)C1. The molecule has 1 aliphatic rings. The third-order valence-electron chi connectivity index (χ3n) is 2.68. The van der Waals surface area contributed by atoms with Crippen LogP contribution < -0.4 is 5.32 Å². The van der Waals surface area contributed by atoms with Crippen LogP contribution in [0.15, 0.2) is 0 Å². The Labute approximate surface area is 91.0 Å². The summed E-state index contributed by atoms with van der Waals surface area (Å²) in [4.78, 5) is 11.3. The van der Waals surface area contributed by atoms with Crippen LogP contribution in [-0.2, 0) is 9.53 Å². The van der Waals surface area contributed by atoms with Gasteiger partial charge in [-0.25, -0.2) is 0 Å². The first-order valence-corrected chi connectivity index (χ1v) is 5.75. The summed E-state index contributed by atoms with van der Waals surface area (Å²) >= 11 is 0. The van der Waals surface area contributed by atoms with Gasteiger partial charge in [-0.2, -0.15) is 0 Å². The quantitative estimate of drug-likeness (QED) is 0.641. The Bertz CT molecular complexity index is 196. The molecule has 0 spiro atoms. The van der Waals surface area contributed by atoms with Gasteiger partial charge in [-0.3, -0.25) is 4.79 Å². The van der Waals surface area contributed by atoms with Gasteiger partial charge in [0.25, 0.3) is 0 Å². The van der Waals surface area contributed by atoms with Gasteiger partial charge in [0.05, 0.1) is 6.10 Å². The van der Waals surface area contributed by atoms with E-state index in [1.54, 1.807) is 0 Å². The first kappa shape index (κ1) is 12.5. The molecule has 1 saturated carbocycles. The van der Waals surface area contributed by atoms with Gasteiger partial charge in [0.1, 0.15) is 6.61 Å². The highest BCUT2D eigenvalue weighted by Crippen LogP contribution is 2.24. The highest BCUT2D eigenvalue weighted by Gasteiger charge is 2.22. The number of amides is 1. The van der Waals surface area contributed by atoms with Crippen LogP contribution >= 0.6 is 0 Å². The smallest absolute Gasteiger partial charge is 0.246 e. The molecule has 2 N–H and O–H groups in total. The molecule has 0 radical (unpaired) electrons. The summed E-state index contributed by atoms with van der Waals surface area (Å²) in [7, 11) is 0. The molecule has 1 rings (SSSR count). The third kappa shape index (κ3) is 5.14. The monoisotopic (exact) mass is 215 g/mol. The van der Waals surface area contributed by atoms with E-state index in [0.717, 1.165) is 25.7 Å². The number of carbonyl (C=O) groups excluding carboxylic acids is 1. The van der Waals surface area contributed by atoms with Crippen molar-refractivity contribution in [3.63, 3.8) is 0 Å². The standard InChI is InChI=1S/C11H21NO3/c1-2-5-15-8-11(14)12-7-9-3-4-10(13)6-9/h9-10,13H,2-8H2,1H3,(H,12,14). The largest absolute Gasteiger partial charge is 0.393 e. The van der Waals surface area contributed by atoms with Gasteiger partial charge < -0.3 is 15.2 Å². The van der Waals surface area contributed by atoms with E-state index in [0.29, 0.717) is 19.1 Å². The summed E-state index contributed by atoms with van der Waals surface area (Å²) in [6.07, 6.45) is 3.46. The van der Waals surface area contributed by atoms with Crippen LogP contribution in [-0.4, -0.2) is 36.9 Å². The second kappa shape index (κ2) is 6.80. The lowest BCUT2D eigenvalue weighted by Gasteiger charge is -2.10. The van der Waals surface area contributed by atoms with E-state index >= 15 is 0 Å². The molecule has 1 amide bonds. The highest BCUT2D eigenvalue weighted by molar-refractivity contribution is 5.77. The van der Waals surface area contributed by atoms with Gasteiger partial charge in [-0.15, -0.1) is 0 Å². The molecule has 15 heavy (non-hydrogen) atoms. The summed E-state index contributed by atoms with van der Waals surface area (Å²) < 4.78 is 5.12. The van der Waals surface area contributed by atoms with Crippen LogP contribution in [0.5, 0.6) is 0 Å². The minimum absolute atomic E-state index is 0.0511. The maximum absolute atomic E-state index is 11.3. The molecule has 0 aromatic carbocycles. The van der Waals surface area contributed by atoms with Crippen LogP contribution in [0.3, 0.4) is 0 Å². The first-order chi connectivity index (χ1) is 7.22. The van der Waals surface area contributed by atoms with Crippen LogP contribution in [0, 0.1) is 5.92 Å². The zero-order chi connectivity index (χ0) is 11.1. The molecule has 1 fully saturated rings. The third-order valence-corrected chi connectivity index (χ3v) is 2.68. The molecular weight excluding hydrogens is 194 g/mol. The molecule has 0 aliphatic heterocycles. The number of nitrogens with one attached hydrogen (secondary N) is 1. The highest BCUT2D eigenvalue weighted by atomic mass is 16.5. The van der Waals surface area contributed by atoms with E-state index in [1.807, 2.05) is 6.92 Å². The van der Waals surface area contributed by atoms with Gasteiger partial charge in [0.2, 0.25) is 5.91 Å². The molecule has 2 unspecified atom stereocenters. The number of aliphatic hydroxyl groups excluding tert-OH is 1. The molecule has 0 saturated heterocycles. The minimum atomic E-state index is -0.164. The molecule has 88 valence electrons. The summed E-state index contributed by atoms with van der Waals surface area (Å²) in [5.74, 6) is 0.389. The topological polar surface area (TPSA) is 58.6 Å².